The minimum absolute atomic E-state index is 0.0421. The molecule has 10 nitrogen and oxygen atoms in total. The number of carboxylic acids is 2. The molecule has 2 aromatic heterocycles. The Balaban J connectivity index is 1.70. The normalized spacial score (nSPS) is 13.8. The van der Waals surface area contributed by atoms with Crippen molar-refractivity contribution in [2.45, 2.75) is 52.9 Å². The van der Waals surface area contributed by atoms with Gasteiger partial charge in [0.05, 0.1) is 0 Å². The Labute approximate surface area is 224 Å². The molecule has 1 fully saturated rings. The Morgan fingerprint density at radius 1 is 1.16 bits per heavy atom. The molecule has 3 N–H and O–H groups in total. The third-order valence-electron chi connectivity index (χ3n) is 6.72. The predicted octanol–water partition coefficient (Wildman–Crippen LogP) is 6.11. The second-order valence-electron chi connectivity index (χ2n) is 9.50. The zero-order valence-electron chi connectivity index (χ0n) is 21.6. The van der Waals surface area contributed by atoms with E-state index in [1.165, 1.54) is 6.42 Å². The molecule has 3 aromatic rings. The van der Waals surface area contributed by atoms with E-state index in [-0.39, 0.29) is 16.7 Å². The molecule has 4 rings (SSSR count). The lowest BCUT2D eigenvalue weighted by atomic mass is 9.89. The van der Waals surface area contributed by atoms with Crippen molar-refractivity contribution in [3.05, 3.63) is 46.2 Å². The lowest BCUT2D eigenvalue weighted by Gasteiger charge is -2.30. The number of aromatic carboxylic acids is 1. The Morgan fingerprint density at radius 2 is 1.89 bits per heavy atom. The summed E-state index contributed by atoms with van der Waals surface area (Å²) in [6, 6.07) is 7.05. The fraction of sp³-hybridized carbons (Fsp3) is 0.407. The number of aromatic nitrogens is 1. The molecule has 1 aromatic carbocycles. The van der Waals surface area contributed by atoms with Gasteiger partial charge in [-0.1, -0.05) is 36.6 Å². The fourth-order valence-corrected chi connectivity index (χ4v) is 5.89. The molecule has 2 amide bonds. The van der Waals surface area contributed by atoms with Crippen LogP contribution in [-0.4, -0.2) is 46.5 Å². The van der Waals surface area contributed by atoms with Gasteiger partial charge in [0, 0.05) is 22.7 Å². The first-order chi connectivity index (χ1) is 18.2. The summed E-state index contributed by atoms with van der Waals surface area (Å²) in [7, 11) is 0. The van der Waals surface area contributed by atoms with Crippen LogP contribution in [0.15, 0.2) is 28.8 Å². The molecule has 202 valence electrons. The van der Waals surface area contributed by atoms with E-state index < -0.39 is 18.5 Å². The molecule has 0 saturated heterocycles. The highest BCUT2D eigenvalue weighted by Crippen LogP contribution is 2.42. The molecule has 0 atom stereocenters. The maximum Gasteiger partial charge on any atom is 0.349 e. The summed E-state index contributed by atoms with van der Waals surface area (Å²) in [5, 5.41) is 25.6. The number of nitrogens with zero attached hydrogens (tertiary/aromatic N) is 2. The maximum atomic E-state index is 13.6. The van der Waals surface area contributed by atoms with Crippen LogP contribution in [0.1, 0.15) is 58.8 Å². The minimum atomic E-state index is -1.20. The van der Waals surface area contributed by atoms with Crippen LogP contribution in [-0.2, 0) is 4.79 Å². The highest BCUT2D eigenvalue weighted by Gasteiger charge is 2.26. The van der Waals surface area contributed by atoms with E-state index >= 15 is 0 Å². The monoisotopic (exact) mass is 541 g/mol. The molecule has 0 unspecified atom stereocenters. The summed E-state index contributed by atoms with van der Waals surface area (Å²) in [4.78, 5) is 38.8. The van der Waals surface area contributed by atoms with Crippen molar-refractivity contribution >= 4 is 40.7 Å². The Hall–Kier alpha value is -3.86. The molecule has 0 aliphatic heterocycles. The van der Waals surface area contributed by atoms with Crippen molar-refractivity contribution in [2.75, 3.05) is 23.4 Å². The van der Waals surface area contributed by atoms with Crippen molar-refractivity contribution in [1.29, 1.82) is 0 Å². The van der Waals surface area contributed by atoms with Gasteiger partial charge >= 0.3 is 18.0 Å². The van der Waals surface area contributed by atoms with Crippen molar-refractivity contribution in [1.82, 2.24) is 5.16 Å². The number of benzene rings is 1. The Morgan fingerprint density at radius 3 is 2.53 bits per heavy atom. The van der Waals surface area contributed by atoms with Gasteiger partial charge in [-0.2, -0.15) is 0 Å². The van der Waals surface area contributed by atoms with Crippen LogP contribution in [0.3, 0.4) is 0 Å². The molecule has 0 radical (unpaired) electrons. The van der Waals surface area contributed by atoms with Gasteiger partial charge in [0.2, 0.25) is 0 Å². The van der Waals surface area contributed by atoms with Crippen LogP contribution < -0.4 is 15.0 Å². The van der Waals surface area contributed by atoms with E-state index in [1.54, 1.807) is 25.7 Å². The SMILES string of the molecule is Cc1noc(C)c1NC(=O)N(CC1CCCCC1)c1cccc(-c2sc(C(=O)O)c(OCC(=O)O)c2C)c1. The first kappa shape index (κ1) is 27.2. The Bertz CT molecular complexity index is 1320. The lowest BCUT2D eigenvalue weighted by molar-refractivity contribution is -0.139. The standard InChI is InChI=1S/C27H31N3O7S/c1-15-23(36-14-21(31)32)25(26(33)34)38-24(15)19-10-7-11-20(12-19)30(13-18-8-5-4-6-9-18)27(35)28-22-16(2)29-37-17(22)3/h7,10-12,18H,4-6,8-9,13-14H2,1-3H3,(H,28,35)(H,31,32)(H,33,34). The molecule has 1 aliphatic carbocycles. The highest BCUT2D eigenvalue weighted by atomic mass is 32.1. The zero-order chi connectivity index (χ0) is 27.4. The number of thiophene rings is 1. The van der Waals surface area contributed by atoms with Gasteiger partial charge in [-0.05, 0) is 57.2 Å². The molecule has 38 heavy (non-hydrogen) atoms. The zero-order valence-corrected chi connectivity index (χ0v) is 22.4. The number of carboxylic acid groups (broad SMARTS) is 2. The lowest BCUT2D eigenvalue weighted by Crippen LogP contribution is -2.39. The average Bonchev–Trinajstić information content (AvgIpc) is 3.40. The van der Waals surface area contributed by atoms with Gasteiger partial charge in [-0.3, -0.25) is 4.90 Å². The number of nitrogens with one attached hydrogen (secondary N) is 1. The van der Waals surface area contributed by atoms with E-state index in [0.717, 1.165) is 37.0 Å². The first-order valence-electron chi connectivity index (χ1n) is 12.5. The number of carbonyl (C=O) groups excluding carboxylic acids is 1. The fourth-order valence-electron chi connectivity index (χ4n) is 4.81. The highest BCUT2D eigenvalue weighted by molar-refractivity contribution is 7.18. The number of urea groups is 1. The summed E-state index contributed by atoms with van der Waals surface area (Å²) >= 11 is 1.01. The number of hydrogen-bond acceptors (Lipinski definition) is 7. The van der Waals surface area contributed by atoms with E-state index in [9.17, 15) is 19.5 Å². The summed E-state index contributed by atoms with van der Waals surface area (Å²) in [6.07, 6.45) is 5.56. The van der Waals surface area contributed by atoms with Crippen LogP contribution >= 0.6 is 11.3 Å². The summed E-state index contributed by atoms with van der Waals surface area (Å²) in [5.41, 5.74) is 3.03. The van der Waals surface area contributed by atoms with Crippen molar-refractivity contribution < 1.29 is 33.9 Å². The Kier molecular flexibility index (Phi) is 8.35. The number of rotatable bonds is 9. The number of ether oxygens (including phenoxy) is 1. The number of carbonyl (C=O) groups is 3. The second-order valence-corrected chi connectivity index (χ2v) is 10.5. The molecule has 1 aliphatic rings. The third kappa shape index (κ3) is 5.99. The topological polar surface area (TPSA) is 142 Å². The van der Waals surface area contributed by atoms with Gasteiger partial charge in [-0.15, -0.1) is 11.3 Å². The summed E-state index contributed by atoms with van der Waals surface area (Å²) in [6.45, 7) is 5.10. The van der Waals surface area contributed by atoms with E-state index in [2.05, 4.69) is 10.5 Å². The van der Waals surface area contributed by atoms with Gasteiger partial charge in [0.25, 0.3) is 0 Å². The quantitative estimate of drug-likeness (QED) is 0.295. The molecule has 2 heterocycles. The van der Waals surface area contributed by atoms with Gasteiger partial charge < -0.3 is 24.8 Å². The summed E-state index contributed by atoms with van der Waals surface area (Å²) in [5.74, 6) is -1.47. The maximum absolute atomic E-state index is 13.6. The van der Waals surface area contributed by atoms with Crippen molar-refractivity contribution in [3.63, 3.8) is 0 Å². The van der Waals surface area contributed by atoms with Crippen molar-refractivity contribution in [2.24, 2.45) is 5.92 Å². The average molecular weight is 542 g/mol. The van der Waals surface area contributed by atoms with E-state index in [0.29, 0.717) is 51.3 Å². The van der Waals surface area contributed by atoms with Crippen LogP contribution in [0.4, 0.5) is 16.2 Å². The van der Waals surface area contributed by atoms with Crippen LogP contribution in [0, 0.1) is 26.7 Å². The first-order valence-corrected chi connectivity index (χ1v) is 13.3. The molecule has 0 spiro atoms. The van der Waals surface area contributed by atoms with E-state index in [4.69, 9.17) is 14.4 Å². The minimum Gasteiger partial charge on any atom is -0.480 e. The largest absolute Gasteiger partial charge is 0.480 e. The number of aryl methyl sites for hydroxylation is 2. The van der Waals surface area contributed by atoms with Crippen LogP contribution in [0.5, 0.6) is 5.75 Å². The summed E-state index contributed by atoms with van der Waals surface area (Å²) < 4.78 is 10.5. The smallest absolute Gasteiger partial charge is 0.349 e. The van der Waals surface area contributed by atoms with Gasteiger partial charge in [-0.25, -0.2) is 14.4 Å². The number of hydrogen-bond donors (Lipinski definition) is 3. The number of amides is 2. The number of aliphatic carboxylic acids is 1. The van der Waals surface area contributed by atoms with E-state index in [1.807, 2.05) is 24.3 Å². The molecule has 1 saturated carbocycles. The second kappa shape index (κ2) is 11.7. The molecular weight excluding hydrogens is 510 g/mol. The third-order valence-corrected chi connectivity index (χ3v) is 8.03. The predicted molar refractivity (Wildman–Crippen MR) is 143 cm³/mol. The number of anilines is 2. The molecule has 0 bridgehead atoms. The molecule has 11 heteroatoms. The van der Waals surface area contributed by atoms with Crippen LogP contribution in [0.2, 0.25) is 0 Å². The van der Waals surface area contributed by atoms with Crippen LogP contribution in [0.25, 0.3) is 10.4 Å². The van der Waals surface area contributed by atoms with Crippen molar-refractivity contribution in [3.8, 4) is 16.2 Å². The molecular formula is C27H31N3O7S. The van der Waals surface area contributed by atoms with Gasteiger partial charge in [0.15, 0.2) is 17.2 Å². The van der Waals surface area contributed by atoms with Gasteiger partial charge in [0.1, 0.15) is 17.1 Å².